The number of halogens is 2. The first-order chi connectivity index (χ1) is 15.1. The second-order valence-corrected chi connectivity index (χ2v) is 5.93. The molecule has 33 heavy (non-hydrogen) atoms. The van der Waals surface area contributed by atoms with Gasteiger partial charge in [-0.25, -0.2) is 9.59 Å². The number of rotatable bonds is 12. The first-order valence-corrected chi connectivity index (χ1v) is 9.31. The van der Waals surface area contributed by atoms with Crippen molar-refractivity contribution in [2.24, 2.45) is 0 Å². The van der Waals surface area contributed by atoms with Gasteiger partial charge in [0.15, 0.2) is 0 Å². The average Bonchev–Trinajstić information content (AvgIpc) is 2.80. The number of aromatic nitrogens is 2. The molecule has 0 saturated carbocycles. The van der Waals surface area contributed by atoms with E-state index in [1.165, 1.54) is 12.4 Å². The number of ether oxygens (including phenoxy) is 3. The van der Waals surface area contributed by atoms with Crippen LogP contribution in [-0.4, -0.2) is 73.2 Å². The molecule has 0 radical (unpaired) electrons. The van der Waals surface area contributed by atoms with Crippen molar-refractivity contribution in [2.75, 3.05) is 39.5 Å². The monoisotopic (exact) mass is 502 g/mol. The molecule has 180 valence electrons. The van der Waals surface area contributed by atoms with Gasteiger partial charge in [0.1, 0.15) is 26.4 Å². The smallest absolute Gasteiger partial charge is 0.332 e. The van der Waals surface area contributed by atoms with Crippen molar-refractivity contribution in [3.8, 4) is 0 Å². The van der Waals surface area contributed by atoms with Crippen molar-refractivity contribution in [1.29, 1.82) is 0 Å². The van der Waals surface area contributed by atoms with Crippen molar-refractivity contribution in [1.82, 2.24) is 20.6 Å². The maximum absolute atomic E-state index is 11.8. The molecule has 0 aliphatic carbocycles. The molecule has 2 N–H and O–H groups in total. The van der Waals surface area contributed by atoms with Crippen LogP contribution in [0.3, 0.4) is 0 Å². The van der Waals surface area contributed by atoms with E-state index in [4.69, 9.17) is 14.2 Å². The minimum absolute atomic E-state index is 0. The quantitative estimate of drug-likeness (QED) is 0.314. The van der Waals surface area contributed by atoms with Gasteiger partial charge in [-0.2, -0.15) is 0 Å². The summed E-state index contributed by atoms with van der Waals surface area (Å²) in [7, 11) is 0. The Kier molecular flexibility index (Phi) is 15.6. The number of amides is 2. The fourth-order valence-corrected chi connectivity index (χ4v) is 2.16. The van der Waals surface area contributed by atoms with E-state index in [9.17, 15) is 19.2 Å². The normalized spacial score (nSPS) is 9.45. The molecule has 0 saturated heterocycles. The average molecular weight is 503 g/mol. The fraction of sp³-hybridized carbons (Fsp3) is 0.300. The number of hydrogen-bond acceptors (Lipinski definition) is 9. The topological polar surface area (TPSA) is 146 Å². The molecule has 0 aliphatic rings. The Labute approximate surface area is 202 Å². The molecule has 0 fully saturated rings. The summed E-state index contributed by atoms with van der Waals surface area (Å²) in [6.07, 6.45) is 5.94. The molecule has 2 aromatic rings. The summed E-state index contributed by atoms with van der Waals surface area (Å²) in [4.78, 5) is 54.3. The summed E-state index contributed by atoms with van der Waals surface area (Å²) < 4.78 is 14.7. The highest BCUT2D eigenvalue weighted by molar-refractivity contribution is 5.94. The zero-order valence-electron chi connectivity index (χ0n) is 17.4. The van der Waals surface area contributed by atoms with E-state index >= 15 is 0 Å². The maximum atomic E-state index is 11.8. The van der Waals surface area contributed by atoms with Crippen LogP contribution in [0.25, 0.3) is 0 Å². The zero-order chi connectivity index (χ0) is 22.3. The predicted molar refractivity (Wildman–Crippen MR) is 120 cm³/mol. The van der Waals surface area contributed by atoms with Crippen LogP contribution in [0.2, 0.25) is 0 Å². The van der Waals surface area contributed by atoms with Gasteiger partial charge in [0, 0.05) is 24.8 Å². The molecule has 0 spiro atoms. The van der Waals surface area contributed by atoms with Crippen LogP contribution in [0.5, 0.6) is 0 Å². The van der Waals surface area contributed by atoms with Crippen LogP contribution in [0, 0.1) is 0 Å². The lowest BCUT2D eigenvalue weighted by atomic mass is 10.3. The Morgan fingerprint density at radius 3 is 1.52 bits per heavy atom. The van der Waals surface area contributed by atoms with Crippen molar-refractivity contribution in [2.45, 2.75) is 0 Å². The Hall–Kier alpha value is -3.28. The molecular weight excluding hydrogens is 479 g/mol. The first-order valence-electron chi connectivity index (χ1n) is 9.31. The largest absolute Gasteiger partial charge is 0.462 e. The third-order valence-electron chi connectivity index (χ3n) is 3.59. The lowest BCUT2D eigenvalue weighted by molar-refractivity contribution is -0.155. The van der Waals surface area contributed by atoms with E-state index in [1.807, 2.05) is 0 Å². The van der Waals surface area contributed by atoms with Gasteiger partial charge >= 0.3 is 11.9 Å². The lowest BCUT2D eigenvalue weighted by Gasteiger charge is -2.08. The summed E-state index contributed by atoms with van der Waals surface area (Å²) in [5.74, 6) is -2.04. The summed E-state index contributed by atoms with van der Waals surface area (Å²) in [6.45, 7) is -0.740. The zero-order valence-corrected chi connectivity index (χ0v) is 19.1. The van der Waals surface area contributed by atoms with Crippen LogP contribution in [0.1, 0.15) is 20.7 Å². The third kappa shape index (κ3) is 12.4. The van der Waals surface area contributed by atoms with Gasteiger partial charge in [-0.1, -0.05) is 0 Å². The summed E-state index contributed by atoms with van der Waals surface area (Å²) in [5.41, 5.74) is 0.791. The molecule has 2 rings (SSSR count). The van der Waals surface area contributed by atoms with Crippen LogP contribution in [0.15, 0.2) is 49.1 Å². The highest BCUT2D eigenvalue weighted by atomic mass is 35.5. The number of nitrogens with zero attached hydrogens (tertiary/aromatic N) is 2. The molecule has 11 nitrogen and oxygen atoms in total. The van der Waals surface area contributed by atoms with Gasteiger partial charge in [0.05, 0.1) is 24.2 Å². The van der Waals surface area contributed by atoms with Gasteiger partial charge in [-0.15, -0.1) is 24.8 Å². The number of nitrogens with one attached hydrogen (secondary N) is 2. The van der Waals surface area contributed by atoms with E-state index in [2.05, 4.69) is 20.6 Å². The molecule has 0 unspecified atom stereocenters. The predicted octanol–water partition coefficient (Wildman–Crippen LogP) is 0.583. The van der Waals surface area contributed by atoms with Gasteiger partial charge < -0.3 is 24.8 Å². The van der Waals surface area contributed by atoms with E-state index < -0.39 is 25.2 Å². The van der Waals surface area contributed by atoms with Gasteiger partial charge in [0.2, 0.25) is 0 Å². The molecule has 2 aromatic heterocycles. The van der Waals surface area contributed by atoms with E-state index in [1.54, 1.807) is 36.7 Å². The van der Waals surface area contributed by atoms with Crippen molar-refractivity contribution < 1.29 is 33.4 Å². The molecule has 0 aliphatic heterocycles. The standard InChI is InChI=1S/C20H22N4O7.2ClH/c25-17(30-9-7-23-19(27)15-3-1-5-21-11-15)13-29-14-18(26)31-10-8-24-20(28)16-4-2-6-22-12-16;;/h1-6,11-12H,7-10,13-14H2,(H,23,27)(H,24,28);2*1H. The highest BCUT2D eigenvalue weighted by Gasteiger charge is 2.09. The van der Waals surface area contributed by atoms with Crippen molar-refractivity contribution in [3.05, 3.63) is 60.2 Å². The van der Waals surface area contributed by atoms with Crippen LogP contribution >= 0.6 is 24.8 Å². The van der Waals surface area contributed by atoms with E-state index in [0.717, 1.165) is 0 Å². The molecule has 0 bridgehead atoms. The minimum atomic E-state index is -0.688. The third-order valence-corrected chi connectivity index (χ3v) is 3.59. The summed E-state index contributed by atoms with van der Waals surface area (Å²) >= 11 is 0. The van der Waals surface area contributed by atoms with Crippen molar-refractivity contribution >= 4 is 48.6 Å². The molecule has 2 heterocycles. The number of carbonyl (C=O) groups excluding carboxylic acids is 4. The van der Waals surface area contributed by atoms with Gasteiger partial charge in [-0.05, 0) is 24.3 Å². The lowest BCUT2D eigenvalue weighted by Crippen LogP contribution is -2.29. The number of hydrogen-bond donors (Lipinski definition) is 2. The molecule has 0 aromatic carbocycles. The van der Waals surface area contributed by atoms with E-state index in [0.29, 0.717) is 11.1 Å². The van der Waals surface area contributed by atoms with Crippen molar-refractivity contribution in [3.63, 3.8) is 0 Å². The summed E-state index contributed by atoms with van der Waals surface area (Å²) in [6, 6.07) is 6.48. The number of esters is 2. The Balaban J connectivity index is 0.00000512. The molecule has 13 heteroatoms. The Bertz CT molecular complexity index is 802. The molecule has 0 atom stereocenters. The molecule has 2 amide bonds. The SMILES string of the molecule is Cl.Cl.O=C(COCC(=O)OCCNC(=O)c1cccnc1)OCCNC(=O)c1cccnc1. The van der Waals surface area contributed by atoms with E-state index in [-0.39, 0.29) is 62.9 Å². The van der Waals surface area contributed by atoms with Crippen LogP contribution in [-0.2, 0) is 23.8 Å². The Morgan fingerprint density at radius 1 is 0.727 bits per heavy atom. The van der Waals surface area contributed by atoms with Gasteiger partial charge in [0.25, 0.3) is 11.8 Å². The first kappa shape index (κ1) is 29.7. The fourth-order valence-electron chi connectivity index (χ4n) is 2.16. The van der Waals surface area contributed by atoms with Crippen LogP contribution in [0.4, 0.5) is 0 Å². The highest BCUT2D eigenvalue weighted by Crippen LogP contribution is 1.95. The Morgan fingerprint density at radius 2 is 1.15 bits per heavy atom. The number of carbonyl (C=O) groups is 4. The number of pyridine rings is 2. The van der Waals surface area contributed by atoms with Gasteiger partial charge in [-0.3, -0.25) is 19.6 Å². The maximum Gasteiger partial charge on any atom is 0.332 e. The summed E-state index contributed by atoms with van der Waals surface area (Å²) in [5, 5.41) is 5.14. The second-order valence-electron chi connectivity index (χ2n) is 5.93. The van der Waals surface area contributed by atoms with Crippen LogP contribution < -0.4 is 10.6 Å². The molecular formula is C20H24Cl2N4O7. The second kappa shape index (κ2) is 17.3. The minimum Gasteiger partial charge on any atom is -0.462 e.